The Morgan fingerprint density at radius 1 is 0.294 bits per heavy atom. The fraction of sp³-hybridized carbons (Fsp3) is 0.250. The SMILES string of the molecule is [2H]c1c([2H])c([2H])c2c(c1[2H])c1c([2H])c([2H])c([2H])c([2H])c1n2-c1ccc2c(c1)N(c1c(-c3cccc(C(C)(C)C)c3)cc(C(C)(C)C)cc1-c1cccc(C(C)(C)C)c1)c1cc(CC)cc3c1B2c1ccc(-n2c4c([2H])c([2H])c([2H])c([2H])c4c4c([2H])c([2H])c([2H])c([2H])c42)cc1N3c1c(-c2cccc(C(C)(C)C)c2)cc(C(C)(C)C)cc1-c1cccc(C(C)(C)C)c1. The molecule has 2 aliphatic rings. The fourth-order valence-corrected chi connectivity index (χ4v) is 16.5. The highest BCUT2D eigenvalue weighted by atomic mass is 15.2. The fourth-order valence-electron chi connectivity index (χ4n) is 16.5. The molecule has 0 N–H and O–H groups in total. The molecular formula is C104H103BN4. The lowest BCUT2D eigenvalue weighted by Gasteiger charge is -2.46. The third-order valence-electron chi connectivity index (χ3n) is 22.6. The highest BCUT2D eigenvalue weighted by Gasteiger charge is 2.46. The summed E-state index contributed by atoms with van der Waals surface area (Å²) in [6.45, 7) is 41.4. The summed E-state index contributed by atoms with van der Waals surface area (Å²) in [7, 11) is 0. The van der Waals surface area contributed by atoms with Crippen molar-refractivity contribution in [2.45, 2.75) is 170 Å². The number of aryl methyl sites for hydroxylation is 1. The first-order valence-electron chi connectivity index (χ1n) is 46.3. The molecule has 0 radical (unpaired) electrons. The summed E-state index contributed by atoms with van der Waals surface area (Å²) >= 11 is 0. The van der Waals surface area contributed by atoms with E-state index >= 15 is 0 Å². The minimum absolute atomic E-state index is 0.0405. The minimum atomic E-state index is -0.768. The molecule has 542 valence electrons. The summed E-state index contributed by atoms with van der Waals surface area (Å²) in [6.07, 6.45) is 0.498. The van der Waals surface area contributed by atoms with E-state index in [2.05, 4.69) is 287 Å². The predicted molar refractivity (Wildman–Crippen MR) is 472 cm³/mol. The molecule has 0 amide bonds. The van der Waals surface area contributed by atoms with Crippen molar-refractivity contribution in [3.63, 3.8) is 0 Å². The molecule has 4 heterocycles. The molecule has 0 unspecified atom stereocenters. The van der Waals surface area contributed by atoms with Crippen molar-refractivity contribution in [3.8, 4) is 55.9 Å². The van der Waals surface area contributed by atoms with Gasteiger partial charge in [-0.05, 0) is 201 Å². The Balaban J connectivity index is 1.13. The van der Waals surface area contributed by atoms with Gasteiger partial charge in [0.15, 0.2) is 0 Å². The van der Waals surface area contributed by atoms with Crippen LogP contribution < -0.4 is 26.2 Å². The van der Waals surface area contributed by atoms with Gasteiger partial charge in [0.25, 0.3) is 6.71 Å². The largest absolute Gasteiger partial charge is 0.310 e. The summed E-state index contributed by atoms with van der Waals surface area (Å²) in [5, 5.41) is -0.256. The molecule has 0 fully saturated rings. The van der Waals surface area contributed by atoms with Crippen LogP contribution in [0, 0.1) is 0 Å². The lowest BCUT2D eigenvalue weighted by molar-refractivity contribution is 0.589. The van der Waals surface area contributed by atoms with E-state index in [4.69, 9.17) is 0 Å². The smallest absolute Gasteiger partial charge is 0.252 e. The van der Waals surface area contributed by atoms with Crippen molar-refractivity contribution >= 4 is 101 Å². The van der Waals surface area contributed by atoms with Gasteiger partial charge in [-0.25, -0.2) is 0 Å². The van der Waals surface area contributed by atoms with E-state index in [0.29, 0.717) is 29.2 Å². The number of nitrogens with zero attached hydrogens (tertiary/aromatic N) is 4. The number of benzene rings is 13. The summed E-state index contributed by atoms with van der Waals surface area (Å²) in [5.74, 6) is 0. The molecule has 0 bridgehead atoms. The number of hydrogen-bond acceptors (Lipinski definition) is 2. The van der Waals surface area contributed by atoms with Crippen LogP contribution in [0.2, 0.25) is 0 Å². The Bertz CT molecular complexity index is 6460. The Morgan fingerprint density at radius 2 is 0.569 bits per heavy atom. The topological polar surface area (TPSA) is 16.3 Å². The first kappa shape index (κ1) is 54.7. The molecule has 15 aromatic rings. The van der Waals surface area contributed by atoms with Crippen LogP contribution in [0.15, 0.2) is 267 Å². The molecule has 0 atom stereocenters. The molecule has 0 spiro atoms. The monoisotopic (exact) mass is 1430 g/mol. The van der Waals surface area contributed by atoms with Gasteiger partial charge in [-0.2, -0.15) is 0 Å². The lowest BCUT2D eigenvalue weighted by atomic mass is 9.33. The third kappa shape index (κ3) is 12.1. The molecule has 0 aliphatic carbocycles. The summed E-state index contributed by atoms with van der Waals surface area (Å²) in [5.41, 5.74) is 19.9. The molecule has 5 heteroatoms. The van der Waals surface area contributed by atoms with Crippen LogP contribution in [0.25, 0.3) is 99.5 Å². The first-order valence-corrected chi connectivity index (χ1v) is 38.3. The Kier molecular flexibility index (Phi) is 12.9. The lowest BCUT2D eigenvalue weighted by Crippen LogP contribution is -2.61. The minimum Gasteiger partial charge on any atom is -0.310 e. The van der Waals surface area contributed by atoms with Crippen molar-refractivity contribution in [1.29, 1.82) is 0 Å². The van der Waals surface area contributed by atoms with E-state index in [1.165, 1.54) is 0 Å². The summed E-state index contributed by atoms with van der Waals surface area (Å²) in [6, 6.07) is 53.1. The van der Waals surface area contributed by atoms with Crippen LogP contribution in [0.5, 0.6) is 0 Å². The van der Waals surface area contributed by atoms with Gasteiger partial charge >= 0.3 is 0 Å². The number of aromatic nitrogens is 2. The van der Waals surface area contributed by atoms with Crippen molar-refractivity contribution in [1.82, 2.24) is 9.13 Å². The predicted octanol–water partition coefficient (Wildman–Crippen LogP) is 27.0. The maximum absolute atomic E-state index is 9.98. The van der Waals surface area contributed by atoms with E-state index in [1.807, 2.05) is 24.3 Å². The van der Waals surface area contributed by atoms with Crippen molar-refractivity contribution in [3.05, 3.63) is 305 Å². The van der Waals surface area contributed by atoms with Gasteiger partial charge in [0.05, 0.1) is 55.4 Å². The van der Waals surface area contributed by atoms with Gasteiger partial charge in [0.1, 0.15) is 0 Å². The van der Waals surface area contributed by atoms with E-state index in [-0.39, 0.29) is 65.3 Å². The quantitative estimate of drug-likeness (QED) is 0.134. The standard InChI is InChI=1S/C104H103BN4/c1-20-65-53-94-96-95(54-65)109(98-84(68-35-31-39-72(57-68)101(8,9)10)61-75(104(17,18)19)62-85(98)69-36-32-40-73(58-69)102(11,12)13)93-64-77(107-90-47-27-23-43-80(90)81-44-24-28-48-91(81)107)50-52-87(93)105(96)86-51-49-76(106-88-45-25-21-41-78(88)79-42-22-26-46-89(79)106)63-92(86)108(94)97-82(66-33-29-37-70(55-66)99(2,3)4)59-74(103(14,15)16)60-83(97)67-34-30-38-71(56-67)100(5,6)7/h21-64H,20H2,1-19H3/i21D,22D,23D,24D,25D,26D,27D,28D,41D,42D,43D,44D,45D,46D,47D,48D. The second kappa shape index (κ2) is 25.6. The van der Waals surface area contributed by atoms with Gasteiger partial charge < -0.3 is 18.9 Å². The molecule has 4 nitrogen and oxygen atoms in total. The zero-order chi connectivity index (χ0) is 90.3. The van der Waals surface area contributed by atoms with Crippen LogP contribution in [0.1, 0.15) is 192 Å². The molecule has 0 saturated carbocycles. The van der Waals surface area contributed by atoms with Gasteiger partial charge in [-0.3, -0.25) is 0 Å². The highest BCUT2D eigenvalue weighted by Crippen LogP contribution is 2.56. The van der Waals surface area contributed by atoms with Gasteiger partial charge in [0, 0.05) is 77.9 Å². The van der Waals surface area contributed by atoms with E-state index in [0.717, 1.165) is 123 Å². The maximum atomic E-state index is 9.98. The van der Waals surface area contributed by atoms with Gasteiger partial charge in [-0.15, -0.1) is 0 Å². The van der Waals surface area contributed by atoms with Gasteiger partial charge in [-0.1, -0.05) is 313 Å². The number of hydrogen-bond donors (Lipinski definition) is 0. The van der Waals surface area contributed by atoms with Crippen LogP contribution >= 0.6 is 0 Å². The van der Waals surface area contributed by atoms with Crippen LogP contribution in [-0.2, 0) is 38.9 Å². The number of anilines is 6. The van der Waals surface area contributed by atoms with Crippen molar-refractivity contribution in [2.24, 2.45) is 0 Å². The van der Waals surface area contributed by atoms with E-state index in [1.54, 1.807) is 9.13 Å². The Hall–Kier alpha value is -10.9. The zero-order valence-corrected chi connectivity index (χ0v) is 66.2. The molecular weight excluding hydrogens is 1320 g/mol. The van der Waals surface area contributed by atoms with Crippen LogP contribution in [0.4, 0.5) is 34.1 Å². The van der Waals surface area contributed by atoms with Crippen molar-refractivity contribution in [2.75, 3.05) is 9.80 Å². The number of fused-ring (bicyclic) bond motifs is 10. The summed E-state index contributed by atoms with van der Waals surface area (Å²) < 4.78 is 156. The molecule has 109 heavy (non-hydrogen) atoms. The maximum Gasteiger partial charge on any atom is 0.252 e. The number of para-hydroxylation sites is 4. The van der Waals surface area contributed by atoms with Crippen LogP contribution in [0.3, 0.4) is 0 Å². The van der Waals surface area contributed by atoms with E-state index < -0.39 is 114 Å². The summed E-state index contributed by atoms with van der Waals surface area (Å²) in [4.78, 5) is 4.80. The average Bonchev–Trinajstić information content (AvgIpc) is 1.54. The molecule has 0 saturated heterocycles. The molecule has 13 aromatic carbocycles. The second-order valence-corrected chi connectivity index (χ2v) is 36.2. The van der Waals surface area contributed by atoms with Gasteiger partial charge in [0.2, 0.25) is 0 Å². The Labute approximate surface area is 670 Å². The highest BCUT2D eigenvalue weighted by molar-refractivity contribution is 7.00. The normalized spacial score (nSPS) is 15.5. The zero-order valence-electron chi connectivity index (χ0n) is 82.2. The second-order valence-electron chi connectivity index (χ2n) is 36.2. The number of rotatable bonds is 9. The average molecular weight is 1440 g/mol. The third-order valence-corrected chi connectivity index (χ3v) is 22.6. The first-order chi connectivity index (χ1) is 58.4. The van der Waals surface area contributed by atoms with E-state index in [9.17, 15) is 21.9 Å². The Morgan fingerprint density at radius 3 is 0.835 bits per heavy atom. The van der Waals surface area contributed by atoms with Crippen LogP contribution in [-0.4, -0.2) is 15.8 Å². The molecule has 2 aromatic heterocycles. The molecule has 17 rings (SSSR count). The van der Waals surface area contributed by atoms with Crippen molar-refractivity contribution < 1.29 is 21.9 Å². The molecule has 2 aliphatic heterocycles.